The molecule has 3 N–H and O–H groups in total. The molecule has 0 aliphatic carbocycles. The Hall–Kier alpha value is -2.24. The zero-order valence-electron chi connectivity index (χ0n) is 14.0. The Labute approximate surface area is 136 Å². The monoisotopic (exact) mass is 319 g/mol. The fourth-order valence-electron chi connectivity index (χ4n) is 2.94. The largest absolute Gasteiger partial charge is 0.444 e. The number of likely N-dealkylation sites (tertiary alicyclic amines) is 1. The summed E-state index contributed by atoms with van der Waals surface area (Å²) in [5.74, 6) is 0.188. The van der Waals surface area contributed by atoms with Crippen molar-refractivity contribution in [1.82, 2.24) is 4.90 Å². The highest BCUT2D eigenvalue weighted by atomic mass is 16.6. The van der Waals surface area contributed by atoms with Gasteiger partial charge in [0, 0.05) is 13.1 Å². The quantitative estimate of drug-likeness (QED) is 0.380. The van der Waals surface area contributed by atoms with E-state index in [4.69, 9.17) is 10.5 Å². The van der Waals surface area contributed by atoms with Crippen LogP contribution in [-0.4, -0.2) is 40.7 Å². The first-order valence-electron chi connectivity index (χ1n) is 7.80. The highest BCUT2D eigenvalue weighted by Crippen LogP contribution is 2.36. The molecule has 6 heteroatoms. The van der Waals surface area contributed by atoms with Gasteiger partial charge in [-0.25, -0.2) is 4.79 Å². The molecule has 2 rings (SSSR count). The van der Waals surface area contributed by atoms with E-state index in [-0.39, 0.29) is 11.9 Å². The van der Waals surface area contributed by atoms with Crippen LogP contribution in [0.15, 0.2) is 35.5 Å². The van der Waals surface area contributed by atoms with E-state index < -0.39 is 11.0 Å². The predicted octanol–water partition coefficient (Wildman–Crippen LogP) is 2.70. The maximum absolute atomic E-state index is 12.2. The van der Waals surface area contributed by atoms with Crippen molar-refractivity contribution in [2.75, 3.05) is 13.1 Å². The molecule has 1 aliphatic rings. The SMILES string of the molecule is CC(C)(C)OC(=O)N1CCC(/C(N)=N/O)(c2ccccc2)CC1. The molecule has 23 heavy (non-hydrogen) atoms. The third-order valence-corrected chi connectivity index (χ3v) is 4.19. The van der Waals surface area contributed by atoms with Crippen LogP contribution in [0.25, 0.3) is 0 Å². The number of hydrogen-bond acceptors (Lipinski definition) is 4. The molecule has 0 unspecified atom stereocenters. The predicted molar refractivity (Wildman–Crippen MR) is 88.6 cm³/mol. The third kappa shape index (κ3) is 3.75. The average molecular weight is 319 g/mol. The van der Waals surface area contributed by atoms with Crippen molar-refractivity contribution in [3.05, 3.63) is 35.9 Å². The van der Waals surface area contributed by atoms with Crippen LogP contribution in [0, 0.1) is 0 Å². The molecular weight excluding hydrogens is 294 g/mol. The minimum Gasteiger partial charge on any atom is -0.444 e. The van der Waals surface area contributed by atoms with Crippen LogP contribution in [0.1, 0.15) is 39.2 Å². The third-order valence-electron chi connectivity index (χ3n) is 4.19. The first-order chi connectivity index (χ1) is 10.8. The van der Waals surface area contributed by atoms with Crippen molar-refractivity contribution in [1.29, 1.82) is 0 Å². The molecule has 126 valence electrons. The van der Waals surface area contributed by atoms with E-state index in [0.29, 0.717) is 25.9 Å². The van der Waals surface area contributed by atoms with Crippen molar-refractivity contribution in [3.8, 4) is 0 Å². The Kier molecular flexibility index (Phi) is 4.82. The molecule has 1 saturated heterocycles. The second-order valence-electron chi connectivity index (χ2n) is 6.90. The van der Waals surface area contributed by atoms with Gasteiger partial charge >= 0.3 is 6.09 Å². The van der Waals surface area contributed by atoms with E-state index in [1.165, 1.54) is 0 Å². The Balaban J connectivity index is 2.17. The van der Waals surface area contributed by atoms with Gasteiger partial charge in [0.15, 0.2) is 0 Å². The van der Waals surface area contributed by atoms with Crippen LogP contribution in [0.2, 0.25) is 0 Å². The van der Waals surface area contributed by atoms with Gasteiger partial charge in [-0.1, -0.05) is 35.5 Å². The first kappa shape index (κ1) is 17.1. The summed E-state index contributed by atoms with van der Waals surface area (Å²) in [7, 11) is 0. The van der Waals surface area contributed by atoms with Gasteiger partial charge in [0.1, 0.15) is 11.4 Å². The fourth-order valence-corrected chi connectivity index (χ4v) is 2.94. The molecule has 0 saturated carbocycles. The second kappa shape index (κ2) is 6.48. The van der Waals surface area contributed by atoms with Crippen molar-refractivity contribution in [2.45, 2.75) is 44.6 Å². The van der Waals surface area contributed by atoms with Gasteiger partial charge in [0.25, 0.3) is 0 Å². The Bertz CT molecular complexity index is 570. The number of nitrogens with zero attached hydrogens (tertiary/aromatic N) is 2. The number of benzene rings is 1. The van der Waals surface area contributed by atoms with E-state index >= 15 is 0 Å². The smallest absolute Gasteiger partial charge is 0.410 e. The maximum Gasteiger partial charge on any atom is 0.410 e. The van der Waals surface area contributed by atoms with Crippen molar-refractivity contribution < 1.29 is 14.7 Å². The maximum atomic E-state index is 12.2. The van der Waals surface area contributed by atoms with Crippen LogP contribution >= 0.6 is 0 Å². The molecule has 1 aliphatic heterocycles. The number of oxime groups is 1. The summed E-state index contributed by atoms with van der Waals surface area (Å²) in [4.78, 5) is 13.9. The van der Waals surface area contributed by atoms with E-state index in [1.807, 2.05) is 51.1 Å². The van der Waals surface area contributed by atoms with Crippen molar-refractivity contribution >= 4 is 11.9 Å². The lowest BCUT2D eigenvalue weighted by Gasteiger charge is -2.41. The van der Waals surface area contributed by atoms with Crippen LogP contribution in [0.5, 0.6) is 0 Å². The molecule has 0 bridgehead atoms. The number of rotatable bonds is 2. The summed E-state index contributed by atoms with van der Waals surface area (Å²) < 4.78 is 5.41. The van der Waals surface area contributed by atoms with Gasteiger partial charge in [0.05, 0.1) is 5.41 Å². The zero-order chi connectivity index (χ0) is 17.1. The van der Waals surface area contributed by atoms with E-state index in [2.05, 4.69) is 5.16 Å². The summed E-state index contributed by atoms with van der Waals surface area (Å²) in [6, 6.07) is 9.74. The van der Waals surface area contributed by atoms with Gasteiger partial charge < -0.3 is 20.6 Å². The summed E-state index contributed by atoms with van der Waals surface area (Å²) in [5, 5.41) is 12.4. The molecular formula is C17H25N3O3. The normalized spacial score (nSPS) is 18.6. The molecule has 1 heterocycles. The number of amidine groups is 1. The highest BCUT2D eigenvalue weighted by molar-refractivity contribution is 5.91. The standard InChI is InChI=1S/C17H25N3O3/c1-16(2,3)23-15(21)20-11-9-17(10-12-20,14(18)19-22)13-7-5-4-6-8-13/h4-8,22H,9-12H2,1-3H3,(H2,18,19). The summed E-state index contributed by atoms with van der Waals surface area (Å²) in [6.45, 7) is 6.54. The number of carbonyl (C=O) groups is 1. The number of hydrogen-bond donors (Lipinski definition) is 2. The van der Waals surface area contributed by atoms with Gasteiger partial charge in [0.2, 0.25) is 0 Å². The molecule has 0 aromatic heterocycles. The number of carbonyl (C=O) groups excluding carboxylic acids is 1. The van der Waals surface area contributed by atoms with Gasteiger partial charge in [-0.15, -0.1) is 0 Å². The van der Waals surface area contributed by atoms with Crippen molar-refractivity contribution in [3.63, 3.8) is 0 Å². The molecule has 1 amide bonds. The lowest BCUT2D eigenvalue weighted by Crippen LogP contribution is -2.52. The molecule has 0 atom stereocenters. The average Bonchev–Trinajstić information content (AvgIpc) is 2.53. The number of ether oxygens (including phenoxy) is 1. The first-order valence-corrected chi connectivity index (χ1v) is 7.80. The Morgan fingerprint density at radius 1 is 1.26 bits per heavy atom. The van der Waals surface area contributed by atoms with E-state index in [9.17, 15) is 10.0 Å². The molecule has 0 radical (unpaired) electrons. The van der Waals surface area contributed by atoms with E-state index in [1.54, 1.807) is 4.90 Å². The lowest BCUT2D eigenvalue weighted by atomic mass is 9.72. The van der Waals surface area contributed by atoms with Gasteiger partial charge in [-0.3, -0.25) is 0 Å². The summed E-state index contributed by atoms with van der Waals surface area (Å²) in [6.07, 6.45) is 0.858. The van der Waals surface area contributed by atoms with Gasteiger partial charge in [-0.2, -0.15) is 0 Å². The summed E-state index contributed by atoms with van der Waals surface area (Å²) in [5.41, 5.74) is 5.94. The van der Waals surface area contributed by atoms with E-state index in [0.717, 1.165) is 5.56 Å². The molecule has 1 fully saturated rings. The molecule has 1 aromatic rings. The fraction of sp³-hybridized carbons (Fsp3) is 0.529. The molecule has 6 nitrogen and oxygen atoms in total. The lowest BCUT2D eigenvalue weighted by molar-refractivity contribution is 0.0188. The zero-order valence-corrected chi connectivity index (χ0v) is 14.0. The van der Waals surface area contributed by atoms with Crippen LogP contribution < -0.4 is 5.73 Å². The highest BCUT2D eigenvalue weighted by Gasteiger charge is 2.42. The number of amides is 1. The minimum absolute atomic E-state index is 0.188. The molecule has 0 spiro atoms. The van der Waals surface area contributed by atoms with Gasteiger partial charge in [-0.05, 0) is 39.2 Å². The van der Waals surface area contributed by atoms with Crippen molar-refractivity contribution in [2.24, 2.45) is 10.9 Å². The number of nitrogens with two attached hydrogens (primary N) is 1. The Morgan fingerprint density at radius 2 is 1.83 bits per heavy atom. The Morgan fingerprint density at radius 3 is 2.30 bits per heavy atom. The van der Waals surface area contributed by atoms with Crippen LogP contribution in [-0.2, 0) is 10.2 Å². The second-order valence-corrected chi connectivity index (χ2v) is 6.90. The number of piperidine rings is 1. The van der Waals surface area contributed by atoms with Crippen LogP contribution in [0.3, 0.4) is 0 Å². The minimum atomic E-state index is -0.547. The topological polar surface area (TPSA) is 88.2 Å². The van der Waals surface area contributed by atoms with Crippen LogP contribution in [0.4, 0.5) is 4.79 Å². The molecule has 1 aromatic carbocycles. The summed E-state index contributed by atoms with van der Waals surface area (Å²) >= 11 is 0.